The van der Waals surface area contributed by atoms with Crippen LogP contribution in [0.15, 0.2) is 24.3 Å². The van der Waals surface area contributed by atoms with Crippen molar-refractivity contribution in [2.75, 3.05) is 33.9 Å². The summed E-state index contributed by atoms with van der Waals surface area (Å²) in [6.45, 7) is 3.04. The number of likely N-dealkylation sites (N-methyl/N-ethyl adjacent to an activating group) is 1. The Hall–Kier alpha value is -2.24. The largest absolute Gasteiger partial charge is 0.494 e. The lowest BCUT2D eigenvalue weighted by Gasteiger charge is -2.11. The van der Waals surface area contributed by atoms with Gasteiger partial charge in [0, 0.05) is 20.5 Å². The van der Waals surface area contributed by atoms with Crippen LogP contribution in [0.4, 0.5) is 0 Å². The second kappa shape index (κ2) is 9.65. The minimum Gasteiger partial charge on any atom is -0.494 e. The van der Waals surface area contributed by atoms with E-state index >= 15 is 0 Å². The van der Waals surface area contributed by atoms with Crippen LogP contribution < -0.4 is 14.8 Å². The molecule has 0 aliphatic heterocycles. The first-order valence-corrected chi connectivity index (χ1v) is 7.35. The third-order valence-corrected chi connectivity index (χ3v) is 2.89. The average Bonchev–Trinajstić information content (AvgIpc) is 2.51. The molecule has 0 bridgehead atoms. The van der Waals surface area contributed by atoms with Crippen LogP contribution in [-0.4, -0.2) is 50.6 Å². The highest BCUT2D eigenvalue weighted by Gasteiger charge is 2.06. The molecule has 0 aliphatic rings. The zero-order valence-electron chi connectivity index (χ0n) is 13.4. The summed E-state index contributed by atoms with van der Waals surface area (Å²) in [5.41, 5.74) is 0. The van der Waals surface area contributed by atoms with Gasteiger partial charge >= 0.3 is 0 Å². The summed E-state index contributed by atoms with van der Waals surface area (Å²) in [6, 6.07) is 7.36. The molecule has 0 aromatic heterocycles. The van der Waals surface area contributed by atoms with Gasteiger partial charge in [0.25, 0.3) is 0 Å². The number of ether oxygens (including phenoxy) is 2. The van der Waals surface area contributed by atoms with Crippen molar-refractivity contribution in [1.29, 1.82) is 0 Å². The summed E-state index contributed by atoms with van der Waals surface area (Å²) < 4.78 is 10.9. The van der Waals surface area contributed by atoms with Gasteiger partial charge in [-0.3, -0.25) is 9.59 Å². The molecular weight excluding hydrogens is 284 g/mol. The molecule has 1 aromatic carbocycles. The van der Waals surface area contributed by atoms with Crippen molar-refractivity contribution >= 4 is 11.8 Å². The van der Waals surface area contributed by atoms with Gasteiger partial charge < -0.3 is 19.7 Å². The summed E-state index contributed by atoms with van der Waals surface area (Å²) in [6.07, 6.45) is 0.924. The highest BCUT2D eigenvalue weighted by Crippen LogP contribution is 2.17. The maximum absolute atomic E-state index is 11.5. The van der Waals surface area contributed by atoms with Gasteiger partial charge in [-0.15, -0.1) is 0 Å². The molecule has 0 saturated heterocycles. The molecule has 22 heavy (non-hydrogen) atoms. The van der Waals surface area contributed by atoms with Crippen LogP contribution in [0.25, 0.3) is 0 Å². The number of carbonyl (C=O) groups is 2. The van der Waals surface area contributed by atoms with Crippen molar-refractivity contribution in [3.05, 3.63) is 24.3 Å². The normalized spacial score (nSPS) is 9.95. The lowest BCUT2D eigenvalue weighted by molar-refractivity contribution is -0.130. The van der Waals surface area contributed by atoms with E-state index in [1.165, 1.54) is 4.90 Å². The summed E-state index contributed by atoms with van der Waals surface area (Å²) in [4.78, 5) is 24.3. The monoisotopic (exact) mass is 308 g/mol. The van der Waals surface area contributed by atoms with Crippen molar-refractivity contribution in [3.8, 4) is 11.5 Å². The molecule has 6 nitrogen and oxygen atoms in total. The van der Waals surface area contributed by atoms with Crippen molar-refractivity contribution in [1.82, 2.24) is 10.2 Å². The minimum atomic E-state index is -0.148. The number of hydrogen-bond acceptors (Lipinski definition) is 4. The van der Waals surface area contributed by atoms with Gasteiger partial charge in [0.05, 0.1) is 19.8 Å². The third kappa shape index (κ3) is 6.97. The maximum Gasteiger partial charge on any atom is 0.241 e. The van der Waals surface area contributed by atoms with Crippen LogP contribution in [0.5, 0.6) is 11.5 Å². The highest BCUT2D eigenvalue weighted by molar-refractivity contribution is 5.84. The van der Waals surface area contributed by atoms with Crippen molar-refractivity contribution in [2.45, 2.75) is 19.8 Å². The Morgan fingerprint density at radius 1 is 1.09 bits per heavy atom. The van der Waals surface area contributed by atoms with Crippen LogP contribution in [0, 0.1) is 0 Å². The van der Waals surface area contributed by atoms with Gasteiger partial charge in [-0.05, 0) is 37.6 Å². The van der Waals surface area contributed by atoms with E-state index in [9.17, 15) is 9.59 Å². The molecule has 0 radical (unpaired) electrons. The first-order chi connectivity index (χ1) is 10.5. The molecule has 1 rings (SSSR count). The van der Waals surface area contributed by atoms with Crippen molar-refractivity contribution < 1.29 is 19.1 Å². The first-order valence-electron chi connectivity index (χ1n) is 7.35. The lowest BCUT2D eigenvalue weighted by Crippen LogP contribution is -2.36. The predicted octanol–water partition coefficient (Wildman–Crippen LogP) is 1.45. The number of carbonyl (C=O) groups excluding carboxylic acids is 2. The zero-order valence-corrected chi connectivity index (χ0v) is 13.4. The van der Waals surface area contributed by atoms with Gasteiger partial charge in [0.1, 0.15) is 11.5 Å². The number of amides is 2. The van der Waals surface area contributed by atoms with E-state index in [4.69, 9.17) is 9.47 Å². The molecule has 0 fully saturated rings. The minimum absolute atomic E-state index is 0.0333. The Labute approximate surface area is 131 Å². The maximum atomic E-state index is 11.5. The molecule has 1 aromatic rings. The van der Waals surface area contributed by atoms with Gasteiger partial charge in [-0.25, -0.2) is 0 Å². The lowest BCUT2D eigenvalue weighted by atomic mass is 10.3. The molecule has 6 heteroatoms. The first kappa shape index (κ1) is 17.8. The second-order valence-electron chi connectivity index (χ2n) is 4.92. The fourth-order valence-corrected chi connectivity index (χ4v) is 1.64. The van der Waals surface area contributed by atoms with Gasteiger partial charge in [0.2, 0.25) is 11.8 Å². The second-order valence-corrected chi connectivity index (χ2v) is 4.92. The van der Waals surface area contributed by atoms with Crippen LogP contribution in [-0.2, 0) is 9.59 Å². The van der Waals surface area contributed by atoms with E-state index in [0.29, 0.717) is 26.1 Å². The molecular formula is C16H24N2O4. The third-order valence-electron chi connectivity index (χ3n) is 2.89. The Bertz CT molecular complexity index is 472. The predicted molar refractivity (Wildman–Crippen MR) is 84.0 cm³/mol. The Morgan fingerprint density at radius 2 is 1.68 bits per heavy atom. The standard InChI is InChI=1S/C16H24N2O4/c1-4-21-13-7-9-14(10-8-13)22-11-5-6-15(19)17-12-16(20)18(2)3/h7-10H,4-6,11-12H2,1-3H3,(H,17,19). The van der Waals surface area contributed by atoms with Crippen molar-refractivity contribution in [2.24, 2.45) is 0 Å². The molecule has 0 saturated carbocycles. The fourth-order valence-electron chi connectivity index (χ4n) is 1.64. The smallest absolute Gasteiger partial charge is 0.241 e. The number of nitrogens with one attached hydrogen (secondary N) is 1. The summed E-state index contributed by atoms with van der Waals surface area (Å²) in [5, 5.41) is 2.58. The van der Waals surface area contributed by atoms with E-state index in [0.717, 1.165) is 11.5 Å². The van der Waals surface area contributed by atoms with E-state index in [1.54, 1.807) is 14.1 Å². The number of rotatable bonds is 9. The van der Waals surface area contributed by atoms with E-state index in [1.807, 2.05) is 31.2 Å². The number of nitrogens with zero attached hydrogens (tertiary/aromatic N) is 1. The summed E-state index contributed by atoms with van der Waals surface area (Å²) >= 11 is 0. The molecule has 2 amide bonds. The Balaban J connectivity index is 2.16. The van der Waals surface area contributed by atoms with E-state index in [2.05, 4.69) is 5.32 Å². The Kier molecular flexibility index (Phi) is 7.81. The number of benzene rings is 1. The van der Waals surface area contributed by atoms with Gasteiger partial charge in [0.15, 0.2) is 0 Å². The number of hydrogen-bond donors (Lipinski definition) is 1. The fraction of sp³-hybridized carbons (Fsp3) is 0.500. The van der Waals surface area contributed by atoms with Crippen LogP contribution >= 0.6 is 0 Å². The highest BCUT2D eigenvalue weighted by atomic mass is 16.5. The van der Waals surface area contributed by atoms with Crippen molar-refractivity contribution in [3.63, 3.8) is 0 Å². The van der Waals surface area contributed by atoms with Gasteiger partial charge in [-0.1, -0.05) is 0 Å². The topological polar surface area (TPSA) is 67.9 Å². The SMILES string of the molecule is CCOc1ccc(OCCCC(=O)NCC(=O)N(C)C)cc1. The van der Waals surface area contributed by atoms with Crippen LogP contribution in [0.1, 0.15) is 19.8 Å². The molecule has 1 N–H and O–H groups in total. The molecule has 0 atom stereocenters. The molecule has 0 unspecified atom stereocenters. The molecule has 0 spiro atoms. The zero-order chi connectivity index (χ0) is 16.4. The Morgan fingerprint density at radius 3 is 2.23 bits per heavy atom. The summed E-state index contributed by atoms with van der Waals surface area (Å²) in [5.74, 6) is 1.27. The average molecular weight is 308 g/mol. The van der Waals surface area contributed by atoms with Crippen LogP contribution in [0.3, 0.4) is 0 Å². The molecule has 122 valence electrons. The van der Waals surface area contributed by atoms with Crippen LogP contribution in [0.2, 0.25) is 0 Å². The summed E-state index contributed by atoms with van der Waals surface area (Å²) in [7, 11) is 3.30. The van der Waals surface area contributed by atoms with Gasteiger partial charge in [-0.2, -0.15) is 0 Å². The molecule has 0 heterocycles. The van der Waals surface area contributed by atoms with E-state index in [-0.39, 0.29) is 18.4 Å². The quantitative estimate of drug-likeness (QED) is 0.701. The molecule has 0 aliphatic carbocycles. The van der Waals surface area contributed by atoms with E-state index < -0.39 is 0 Å².